The lowest BCUT2D eigenvalue weighted by Gasteiger charge is -2.33. The number of aromatic nitrogens is 3. The first-order chi connectivity index (χ1) is 15.6. The minimum absolute atomic E-state index is 0.0333. The molecule has 2 N–H and O–H groups in total. The molecule has 0 spiro atoms. The molecule has 170 valence electrons. The van der Waals surface area contributed by atoms with Crippen molar-refractivity contribution in [2.24, 2.45) is 7.05 Å². The first-order valence-electron chi connectivity index (χ1n) is 11.0. The Hall–Kier alpha value is -2.94. The Morgan fingerprint density at radius 3 is 2.84 bits per heavy atom. The molecule has 1 aliphatic rings. The van der Waals surface area contributed by atoms with Gasteiger partial charge < -0.3 is 19.9 Å². The van der Waals surface area contributed by atoms with Crippen LogP contribution >= 0.6 is 0 Å². The van der Waals surface area contributed by atoms with Gasteiger partial charge in [-0.3, -0.25) is 9.58 Å². The SMILES string of the molecule is CCOc1ccc(CN2CCO[C@@H](c3cccc(Nc4cc(C)n(C)n4)n3)C2)cc1CO. The summed E-state index contributed by atoms with van der Waals surface area (Å²) in [5.41, 5.74) is 3.94. The highest BCUT2D eigenvalue weighted by atomic mass is 16.5. The summed E-state index contributed by atoms with van der Waals surface area (Å²) < 4.78 is 13.5. The fourth-order valence-electron chi connectivity index (χ4n) is 3.89. The van der Waals surface area contributed by atoms with Crippen LogP contribution in [0.25, 0.3) is 0 Å². The molecular formula is C24H31N5O3. The number of ether oxygens (including phenoxy) is 2. The molecule has 32 heavy (non-hydrogen) atoms. The Morgan fingerprint density at radius 1 is 1.22 bits per heavy atom. The first-order valence-corrected chi connectivity index (χ1v) is 11.0. The van der Waals surface area contributed by atoms with Crippen LogP contribution in [-0.4, -0.2) is 51.1 Å². The zero-order chi connectivity index (χ0) is 22.5. The number of anilines is 2. The minimum Gasteiger partial charge on any atom is -0.494 e. The Kier molecular flexibility index (Phi) is 7.04. The molecule has 1 aliphatic heterocycles. The Morgan fingerprint density at radius 2 is 2.09 bits per heavy atom. The standard InChI is InChI=1S/C24H31N5O3/c1-4-31-21-9-8-18(13-19(21)16-30)14-29-10-11-32-22(15-29)20-6-5-7-23(25-20)26-24-12-17(2)28(3)27-24/h5-9,12-13,22,30H,4,10-11,14-16H2,1-3H3,(H,25,26,27)/t22-/m1/s1. The van der Waals surface area contributed by atoms with Crippen LogP contribution in [0, 0.1) is 6.92 Å². The summed E-state index contributed by atoms with van der Waals surface area (Å²) in [7, 11) is 1.92. The smallest absolute Gasteiger partial charge is 0.153 e. The van der Waals surface area contributed by atoms with E-state index in [1.807, 2.05) is 62.0 Å². The van der Waals surface area contributed by atoms with Gasteiger partial charge in [0.15, 0.2) is 5.82 Å². The zero-order valence-corrected chi connectivity index (χ0v) is 18.9. The summed E-state index contributed by atoms with van der Waals surface area (Å²) in [6, 6.07) is 13.9. The van der Waals surface area contributed by atoms with Gasteiger partial charge in [0.2, 0.25) is 0 Å². The molecule has 1 atom stereocenters. The van der Waals surface area contributed by atoms with E-state index in [1.165, 1.54) is 0 Å². The lowest BCUT2D eigenvalue weighted by atomic mass is 10.1. The summed E-state index contributed by atoms with van der Waals surface area (Å²) in [5, 5.41) is 17.4. The topological polar surface area (TPSA) is 84.7 Å². The summed E-state index contributed by atoms with van der Waals surface area (Å²) in [4.78, 5) is 7.13. The molecule has 0 radical (unpaired) electrons. The molecule has 0 bridgehead atoms. The van der Waals surface area contributed by atoms with Gasteiger partial charge in [-0.2, -0.15) is 5.10 Å². The lowest BCUT2D eigenvalue weighted by molar-refractivity contribution is -0.0349. The van der Waals surface area contributed by atoms with Crippen LogP contribution in [0.4, 0.5) is 11.6 Å². The van der Waals surface area contributed by atoms with Crippen molar-refractivity contribution in [2.75, 3.05) is 31.6 Å². The number of aryl methyl sites for hydroxylation is 2. The fraction of sp³-hybridized carbons (Fsp3) is 0.417. The van der Waals surface area contributed by atoms with E-state index in [-0.39, 0.29) is 12.7 Å². The number of hydrogen-bond acceptors (Lipinski definition) is 7. The molecule has 0 amide bonds. The van der Waals surface area contributed by atoms with Crippen molar-refractivity contribution in [3.05, 3.63) is 65.0 Å². The van der Waals surface area contributed by atoms with Crippen molar-refractivity contribution < 1.29 is 14.6 Å². The van der Waals surface area contributed by atoms with Crippen molar-refractivity contribution in [2.45, 2.75) is 33.1 Å². The molecule has 1 fully saturated rings. The van der Waals surface area contributed by atoms with Gasteiger partial charge in [-0.1, -0.05) is 12.1 Å². The number of nitrogens with one attached hydrogen (secondary N) is 1. The molecule has 8 heteroatoms. The van der Waals surface area contributed by atoms with Gasteiger partial charge in [-0.25, -0.2) is 4.98 Å². The van der Waals surface area contributed by atoms with Gasteiger partial charge >= 0.3 is 0 Å². The molecule has 3 aromatic rings. The number of rotatable bonds is 8. The highest BCUT2D eigenvalue weighted by Crippen LogP contribution is 2.26. The molecule has 8 nitrogen and oxygen atoms in total. The maximum absolute atomic E-state index is 9.68. The third-order valence-electron chi connectivity index (χ3n) is 5.62. The molecule has 0 aliphatic carbocycles. The number of morpholine rings is 1. The first kappa shape index (κ1) is 22.3. The molecule has 0 unspecified atom stereocenters. The maximum atomic E-state index is 9.68. The number of aliphatic hydroxyl groups is 1. The van der Waals surface area contributed by atoms with Gasteiger partial charge in [0.1, 0.15) is 17.7 Å². The zero-order valence-electron chi connectivity index (χ0n) is 18.9. The van der Waals surface area contributed by atoms with Gasteiger partial charge in [0.25, 0.3) is 0 Å². The number of nitrogens with zero attached hydrogens (tertiary/aromatic N) is 4. The largest absolute Gasteiger partial charge is 0.494 e. The van der Waals surface area contributed by atoms with E-state index < -0.39 is 0 Å². The van der Waals surface area contributed by atoms with Gasteiger partial charge in [-0.05, 0) is 43.7 Å². The predicted octanol–water partition coefficient (Wildman–Crippen LogP) is 3.33. The van der Waals surface area contributed by atoms with Crippen molar-refractivity contribution in [3.63, 3.8) is 0 Å². The lowest BCUT2D eigenvalue weighted by Crippen LogP contribution is -2.38. The predicted molar refractivity (Wildman–Crippen MR) is 123 cm³/mol. The Balaban J connectivity index is 1.43. The molecule has 1 saturated heterocycles. The quantitative estimate of drug-likeness (QED) is 0.559. The van der Waals surface area contributed by atoms with Gasteiger partial charge in [0, 0.05) is 44.0 Å². The fourth-order valence-corrected chi connectivity index (χ4v) is 3.89. The van der Waals surface area contributed by atoms with Crippen LogP contribution in [-0.2, 0) is 24.9 Å². The van der Waals surface area contributed by atoms with Crippen LogP contribution in [0.5, 0.6) is 5.75 Å². The van der Waals surface area contributed by atoms with Crippen LogP contribution in [0.2, 0.25) is 0 Å². The van der Waals surface area contributed by atoms with Crippen LogP contribution in [0.3, 0.4) is 0 Å². The second kappa shape index (κ2) is 10.1. The van der Waals surface area contributed by atoms with E-state index in [0.29, 0.717) is 13.2 Å². The van der Waals surface area contributed by atoms with Gasteiger partial charge in [0.05, 0.1) is 25.5 Å². The second-order valence-corrected chi connectivity index (χ2v) is 8.00. The van der Waals surface area contributed by atoms with Crippen LogP contribution in [0.15, 0.2) is 42.5 Å². The number of pyridine rings is 1. The maximum Gasteiger partial charge on any atom is 0.153 e. The third kappa shape index (κ3) is 5.27. The molecule has 2 aromatic heterocycles. The highest BCUT2D eigenvalue weighted by molar-refractivity contribution is 5.52. The van der Waals surface area contributed by atoms with Crippen molar-refractivity contribution in [1.29, 1.82) is 0 Å². The van der Waals surface area contributed by atoms with Crippen LogP contribution < -0.4 is 10.1 Å². The van der Waals surface area contributed by atoms with Crippen molar-refractivity contribution in [3.8, 4) is 5.75 Å². The summed E-state index contributed by atoms with van der Waals surface area (Å²) >= 11 is 0. The molecule has 3 heterocycles. The van der Waals surface area contributed by atoms with Crippen molar-refractivity contribution in [1.82, 2.24) is 19.7 Å². The number of hydrogen-bond donors (Lipinski definition) is 2. The average Bonchev–Trinajstić information content (AvgIpc) is 3.11. The van der Waals surface area contributed by atoms with Gasteiger partial charge in [-0.15, -0.1) is 0 Å². The minimum atomic E-state index is -0.101. The van der Waals surface area contributed by atoms with E-state index in [1.54, 1.807) is 0 Å². The Bertz CT molecular complexity index is 1030. The molecule has 4 rings (SSSR count). The molecule has 1 aromatic carbocycles. The van der Waals surface area contributed by atoms with Crippen LogP contribution in [0.1, 0.15) is 35.5 Å². The number of benzene rings is 1. The monoisotopic (exact) mass is 437 g/mol. The Labute approximate surface area is 188 Å². The number of aliphatic hydroxyl groups excluding tert-OH is 1. The highest BCUT2D eigenvalue weighted by Gasteiger charge is 2.23. The summed E-state index contributed by atoms with van der Waals surface area (Å²) in [6.45, 7) is 7.54. The second-order valence-electron chi connectivity index (χ2n) is 8.00. The normalized spacial score (nSPS) is 16.8. The third-order valence-corrected chi connectivity index (χ3v) is 5.62. The van der Waals surface area contributed by atoms with E-state index in [0.717, 1.165) is 59.5 Å². The van der Waals surface area contributed by atoms with E-state index in [2.05, 4.69) is 21.4 Å². The van der Waals surface area contributed by atoms with E-state index in [4.69, 9.17) is 14.5 Å². The van der Waals surface area contributed by atoms with E-state index >= 15 is 0 Å². The van der Waals surface area contributed by atoms with E-state index in [9.17, 15) is 5.11 Å². The average molecular weight is 438 g/mol. The molecule has 0 saturated carbocycles. The summed E-state index contributed by atoms with van der Waals surface area (Å²) in [6.07, 6.45) is -0.101. The van der Waals surface area contributed by atoms with Crippen molar-refractivity contribution >= 4 is 11.6 Å². The summed E-state index contributed by atoms with van der Waals surface area (Å²) in [5.74, 6) is 2.27. The molecular weight excluding hydrogens is 406 g/mol.